The summed E-state index contributed by atoms with van der Waals surface area (Å²) in [6.45, 7) is 1.83. The second kappa shape index (κ2) is 8.69. The number of methoxy groups -OCH3 is 1. The number of anilines is 2. The zero-order valence-corrected chi connectivity index (χ0v) is 15.2. The first-order chi connectivity index (χ1) is 12.8. The number of nitrogens with zero attached hydrogens (tertiary/aromatic N) is 2. The minimum Gasteiger partial charge on any atom is -0.494 e. The number of rotatable bonds is 6. The molecule has 0 fully saturated rings. The summed E-state index contributed by atoms with van der Waals surface area (Å²) in [4.78, 5) is 22.6. The van der Waals surface area contributed by atoms with E-state index >= 15 is 0 Å². The van der Waals surface area contributed by atoms with Crippen LogP contribution in [-0.2, 0) is 4.79 Å². The SMILES string of the molecule is COc1cc([N+](=O)[O-])ccc1NC(=O)/C(C#N)=C\Nc1ccc(Cl)cc1C. The first-order valence-corrected chi connectivity index (χ1v) is 8.00. The number of hydrogen-bond donors (Lipinski definition) is 2. The molecule has 0 spiro atoms. The summed E-state index contributed by atoms with van der Waals surface area (Å²) in [5.74, 6) is -0.583. The maximum atomic E-state index is 12.3. The Kier molecular flexibility index (Phi) is 6.36. The standard InChI is InChI=1S/C18H15ClN4O4/c1-11-7-13(19)3-5-15(11)21-10-12(9-20)18(24)22-16-6-4-14(23(25)26)8-17(16)27-2/h3-8,10,21H,1-2H3,(H,22,24)/b12-10-. The van der Waals surface area contributed by atoms with Crippen LogP contribution in [0.1, 0.15) is 5.56 Å². The van der Waals surface area contributed by atoms with Crippen molar-refractivity contribution in [2.75, 3.05) is 17.7 Å². The van der Waals surface area contributed by atoms with E-state index in [1.54, 1.807) is 24.3 Å². The third-order valence-electron chi connectivity index (χ3n) is 3.57. The zero-order chi connectivity index (χ0) is 20.0. The van der Waals surface area contributed by atoms with Crippen LogP contribution in [0.15, 0.2) is 48.2 Å². The van der Waals surface area contributed by atoms with Crippen molar-refractivity contribution in [3.05, 3.63) is 68.9 Å². The molecule has 0 bridgehead atoms. The summed E-state index contributed by atoms with van der Waals surface area (Å²) in [7, 11) is 1.32. The summed E-state index contributed by atoms with van der Waals surface area (Å²) in [5, 5.41) is 26.0. The number of benzene rings is 2. The predicted molar refractivity (Wildman–Crippen MR) is 102 cm³/mol. The van der Waals surface area contributed by atoms with Gasteiger partial charge in [0.2, 0.25) is 0 Å². The molecule has 0 saturated heterocycles. The molecule has 0 aliphatic rings. The lowest BCUT2D eigenvalue weighted by Gasteiger charge is -2.10. The van der Waals surface area contributed by atoms with Gasteiger partial charge in [-0.25, -0.2) is 0 Å². The molecule has 27 heavy (non-hydrogen) atoms. The highest BCUT2D eigenvalue weighted by Crippen LogP contribution is 2.29. The number of non-ortho nitro benzene ring substituents is 1. The molecular weight excluding hydrogens is 372 g/mol. The number of nitriles is 1. The molecule has 0 saturated carbocycles. The number of aryl methyl sites for hydroxylation is 1. The van der Waals surface area contributed by atoms with Crippen molar-refractivity contribution in [1.82, 2.24) is 0 Å². The van der Waals surface area contributed by atoms with Crippen LogP contribution in [0.25, 0.3) is 0 Å². The molecule has 0 heterocycles. The van der Waals surface area contributed by atoms with Gasteiger partial charge in [-0.3, -0.25) is 14.9 Å². The molecule has 2 N–H and O–H groups in total. The summed E-state index contributed by atoms with van der Waals surface area (Å²) in [5.41, 5.74) is 1.36. The lowest BCUT2D eigenvalue weighted by Crippen LogP contribution is -2.15. The van der Waals surface area contributed by atoms with Crippen molar-refractivity contribution in [3.8, 4) is 11.8 Å². The third-order valence-corrected chi connectivity index (χ3v) is 3.80. The fourth-order valence-electron chi connectivity index (χ4n) is 2.17. The zero-order valence-electron chi connectivity index (χ0n) is 14.4. The average molecular weight is 387 g/mol. The van der Waals surface area contributed by atoms with Crippen LogP contribution in [0.2, 0.25) is 5.02 Å². The molecule has 9 heteroatoms. The van der Waals surface area contributed by atoms with Gasteiger partial charge in [-0.2, -0.15) is 5.26 Å². The molecular formula is C18H15ClN4O4. The quantitative estimate of drug-likeness (QED) is 0.335. The Morgan fingerprint density at radius 1 is 1.30 bits per heavy atom. The Labute approximate surface area is 160 Å². The van der Waals surface area contributed by atoms with Gasteiger partial charge in [-0.1, -0.05) is 11.6 Å². The van der Waals surface area contributed by atoms with Crippen LogP contribution < -0.4 is 15.4 Å². The molecule has 0 aromatic heterocycles. The van der Waals surface area contributed by atoms with Gasteiger partial charge in [0.15, 0.2) is 0 Å². The van der Waals surface area contributed by atoms with E-state index in [9.17, 15) is 20.2 Å². The molecule has 8 nitrogen and oxygen atoms in total. The highest BCUT2D eigenvalue weighted by Gasteiger charge is 2.15. The minimum absolute atomic E-state index is 0.108. The Morgan fingerprint density at radius 3 is 2.59 bits per heavy atom. The maximum Gasteiger partial charge on any atom is 0.273 e. The Hall–Kier alpha value is -3.57. The number of amides is 1. The molecule has 0 unspecified atom stereocenters. The smallest absolute Gasteiger partial charge is 0.273 e. The van der Waals surface area contributed by atoms with Crippen LogP contribution in [0.3, 0.4) is 0 Å². The summed E-state index contributed by atoms with van der Waals surface area (Å²) in [6.07, 6.45) is 1.27. The number of carbonyl (C=O) groups excluding carboxylic acids is 1. The van der Waals surface area contributed by atoms with Gasteiger partial charge in [0.25, 0.3) is 11.6 Å². The van der Waals surface area contributed by atoms with E-state index in [0.717, 1.165) is 5.56 Å². The molecule has 2 aromatic rings. The lowest BCUT2D eigenvalue weighted by molar-refractivity contribution is -0.384. The Balaban J connectivity index is 2.20. The Morgan fingerprint density at radius 2 is 2.00 bits per heavy atom. The number of nitrogens with one attached hydrogen (secondary N) is 2. The minimum atomic E-state index is -0.691. The molecule has 0 radical (unpaired) electrons. The predicted octanol–water partition coefficient (Wildman–Crippen LogP) is 4.02. The number of nitro groups is 1. The van der Waals surface area contributed by atoms with E-state index in [4.69, 9.17) is 16.3 Å². The van der Waals surface area contributed by atoms with Crippen LogP contribution in [-0.4, -0.2) is 17.9 Å². The first kappa shape index (κ1) is 19.8. The fraction of sp³-hybridized carbons (Fsp3) is 0.111. The highest BCUT2D eigenvalue weighted by molar-refractivity contribution is 6.30. The van der Waals surface area contributed by atoms with Crippen LogP contribution in [0.5, 0.6) is 5.75 Å². The van der Waals surface area contributed by atoms with E-state index in [1.807, 2.05) is 6.92 Å². The molecule has 2 rings (SSSR count). The van der Waals surface area contributed by atoms with Crippen molar-refractivity contribution in [3.63, 3.8) is 0 Å². The normalized spacial score (nSPS) is 10.7. The molecule has 1 amide bonds. The van der Waals surface area contributed by atoms with Gasteiger partial charge in [0, 0.05) is 23.0 Å². The van der Waals surface area contributed by atoms with Gasteiger partial charge >= 0.3 is 0 Å². The van der Waals surface area contributed by atoms with E-state index in [-0.39, 0.29) is 22.7 Å². The molecule has 0 atom stereocenters. The van der Waals surface area contributed by atoms with Gasteiger partial charge in [0.1, 0.15) is 17.4 Å². The third kappa shape index (κ3) is 4.96. The first-order valence-electron chi connectivity index (χ1n) is 7.62. The fourth-order valence-corrected chi connectivity index (χ4v) is 2.40. The van der Waals surface area contributed by atoms with Crippen molar-refractivity contribution >= 4 is 34.6 Å². The summed E-state index contributed by atoms with van der Waals surface area (Å²) >= 11 is 5.89. The van der Waals surface area contributed by atoms with E-state index < -0.39 is 10.8 Å². The van der Waals surface area contributed by atoms with Crippen molar-refractivity contribution in [2.45, 2.75) is 6.92 Å². The van der Waals surface area contributed by atoms with Gasteiger partial charge in [-0.05, 0) is 36.8 Å². The van der Waals surface area contributed by atoms with Crippen LogP contribution in [0, 0.1) is 28.4 Å². The van der Waals surface area contributed by atoms with Crippen LogP contribution >= 0.6 is 11.6 Å². The average Bonchev–Trinajstić information content (AvgIpc) is 2.63. The van der Waals surface area contributed by atoms with Crippen molar-refractivity contribution < 1.29 is 14.5 Å². The van der Waals surface area contributed by atoms with E-state index in [1.165, 1.54) is 31.5 Å². The maximum absolute atomic E-state index is 12.3. The molecule has 138 valence electrons. The van der Waals surface area contributed by atoms with E-state index in [2.05, 4.69) is 10.6 Å². The summed E-state index contributed by atoms with van der Waals surface area (Å²) < 4.78 is 5.06. The van der Waals surface area contributed by atoms with Crippen LogP contribution in [0.4, 0.5) is 17.1 Å². The number of nitro benzene ring substituents is 1. The monoisotopic (exact) mass is 386 g/mol. The molecule has 2 aromatic carbocycles. The number of hydrogen-bond acceptors (Lipinski definition) is 6. The largest absolute Gasteiger partial charge is 0.494 e. The lowest BCUT2D eigenvalue weighted by atomic mass is 10.2. The van der Waals surface area contributed by atoms with Gasteiger partial charge in [0.05, 0.1) is 23.8 Å². The van der Waals surface area contributed by atoms with Crippen molar-refractivity contribution in [1.29, 1.82) is 5.26 Å². The Bertz CT molecular complexity index is 966. The van der Waals surface area contributed by atoms with Gasteiger partial charge < -0.3 is 15.4 Å². The second-order valence-corrected chi connectivity index (χ2v) is 5.81. The molecule has 0 aliphatic heterocycles. The van der Waals surface area contributed by atoms with Crippen molar-refractivity contribution in [2.24, 2.45) is 0 Å². The number of ether oxygens (including phenoxy) is 1. The topological polar surface area (TPSA) is 117 Å². The number of carbonyl (C=O) groups is 1. The van der Waals surface area contributed by atoms with E-state index in [0.29, 0.717) is 10.7 Å². The highest BCUT2D eigenvalue weighted by atomic mass is 35.5. The second-order valence-electron chi connectivity index (χ2n) is 5.37. The summed E-state index contributed by atoms with van der Waals surface area (Å²) in [6, 6.07) is 10.7. The number of halogens is 1. The van der Waals surface area contributed by atoms with Gasteiger partial charge in [-0.15, -0.1) is 0 Å². The molecule has 0 aliphatic carbocycles.